The Hall–Kier alpha value is -2.73. The smallest absolute Gasteiger partial charge is 0.357 e. The Balaban J connectivity index is 2.37. The van der Waals surface area contributed by atoms with Crippen LogP contribution in [0.25, 0.3) is 0 Å². The van der Waals surface area contributed by atoms with E-state index >= 15 is 0 Å². The minimum atomic E-state index is -1.12. The summed E-state index contributed by atoms with van der Waals surface area (Å²) in [7, 11) is 1.62. The molecule has 1 aliphatic heterocycles. The van der Waals surface area contributed by atoms with E-state index in [1.165, 1.54) is 11.3 Å². The van der Waals surface area contributed by atoms with Gasteiger partial charge in [-0.05, 0) is 65.4 Å². The second-order valence-corrected chi connectivity index (χ2v) is 12.0. The summed E-state index contributed by atoms with van der Waals surface area (Å²) in [5.74, 6) is -1.40. The number of likely N-dealkylation sites (N-methyl/N-ethyl adjacent to an activating group) is 2. The largest absolute Gasteiger partial charge is 0.461 e. The molecule has 1 aliphatic rings. The highest BCUT2D eigenvalue weighted by atomic mass is 32.1. The monoisotopic (exact) mass is 596 g/mol. The summed E-state index contributed by atoms with van der Waals surface area (Å²) in [5, 5.41) is 10.8. The summed E-state index contributed by atoms with van der Waals surface area (Å²) in [6.45, 7) is 12.4. The second-order valence-electron chi connectivity index (χ2n) is 11.1. The number of esters is 1. The summed E-state index contributed by atoms with van der Waals surface area (Å²) in [4.78, 5) is 60.5. The van der Waals surface area contributed by atoms with Crippen LogP contribution in [0.1, 0.15) is 98.4 Å². The highest BCUT2D eigenvalue weighted by Gasteiger charge is 2.43. The Kier molecular flexibility index (Phi) is 11.8. The molecule has 1 saturated heterocycles. The summed E-state index contributed by atoms with van der Waals surface area (Å²) in [6, 6.07) is -2.18. The van der Waals surface area contributed by atoms with E-state index in [1.54, 1.807) is 29.2 Å². The number of aromatic nitrogens is 1. The van der Waals surface area contributed by atoms with Crippen molar-refractivity contribution in [1.29, 1.82) is 0 Å². The summed E-state index contributed by atoms with van der Waals surface area (Å²) >= 11 is 1.23. The van der Waals surface area contributed by atoms with Gasteiger partial charge in [0.2, 0.25) is 11.8 Å². The highest BCUT2D eigenvalue weighted by Crippen LogP contribution is 2.30. The van der Waals surface area contributed by atoms with Gasteiger partial charge < -0.3 is 25.6 Å². The molecule has 2 rings (SSSR count). The number of hydrogen-bond donors (Lipinski definition) is 3. The maximum absolute atomic E-state index is 14.1. The van der Waals surface area contributed by atoms with Gasteiger partial charge in [0.05, 0.1) is 18.2 Å². The molecule has 41 heavy (non-hydrogen) atoms. The normalized spacial score (nSPS) is 20.8. The minimum Gasteiger partial charge on any atom is -0.461 e. The van der Waals surface area contributed by atoms with Crippen LogP contribution in [0.3, 0.4) is 0 Å². The second kappa shape index (κ2) is 15.5. The molecule has 232 valence electrons. The van der Waals surface area contributed by atoms with Crippen molar-refractivity contribution in [2.45, 2.75) is 97.8 Å². The van der Waals surface area contributed by atoms with Crippen molar-refractivity contribution in [2.75, 3.05) is 33.8 Å². The molecular weight excluding hydrogens is 544 g/mol. The van der Waals surface area contributed by atoms with Gasteiger partial charge >= 0.3 is 12.0 Å². The first-order valence-corrected chi connectivity index (χ1v) is 15.4. The number of hydrogen-bond acceptors (Lipinski definition) is 8. The van der Waals surface area contributed by atoms with Gasteiger partial charge in [-0.1, -0.05) is 34.1 Å². The van der Waals surface area contributed by atoms with Crippen molar-refractivity contribution in [3.63, 3.8) is 0 Å². The fraction of sp³-hybridized carbons (Fsp3) is 0.759. The number of ether oxygens (including phenoxy) is 1. The first-order valence-electron chi connectivity index (χ1n) is 15.9. The summed E-state index contributed by atoms with van der Waals surface area (Å²) in [5.41, 5.74) is -0.959. The van der Waals surface area contributed by atoms with Crippen LogP contribution < -0.4 is 16.0 Å². The Morgan fingerprint density at radius 2 is 1.95 bits per heavy atom. The molecule has 4 amide bonds. The molecule has 3 N–H and O–H groups in total. The number of likely N-dealkylation sites (tertiary alicyclic amines) is 1. The lowest BCUT2D eigenvalue weighted by molar-refractivity contribution is -0.142. The average Bonchev–Trinajstić information content (AvgIpc) is 3.65. The van der Waals surface area contributed by atoms with Crippen LogP contribution in [-0.4, -0.2) is 90.0 Å². The number of urea groups is 1. The van der Waals surface area contributed by atoms with Crippen LogP contribution in [0.2, 0.25) is 0 Å². The van der Waals surface area contributed by atoms with Crippen LogP contribution in [-0.2, 0) is 14.3 Å². The third kappa shape index (κ3) is 8.64. The lowest BCUT2D eigenvalue weighted by Gasteiger charge is -2.38. The third-order valence-electron chi connectivity index (χ3n) is 7.85. The number of rotatable bonds is 14. The van der Waals surface area contributed by atoms with Gasteiger partial charge in [-0.25, -0.2) is 14.6 Å². The maximum Gasteiger partial charge on any atom is 0.357 e. The first-order chi connectivity index (χ1) is 20.4. The van der Waals surface area contributed by atoms with Gasteiger partial charge in [0, 0.05) is 27.8 Å². The number of nitrogens with zero attached hydrogens (tertiary/aromatic N) is 3. The Bertz CT molecular complexity index is 1090. The number of carbonyl (C=O) groups is 4. The molecule has 11 nitrogen and oxygen atoms in total. The van der Waals surface area contributed by atoms with Crippen molar-refractivity contribution in [2.24, 2.45) is 11.8 Å². The molecule has 0 radical (unpaired) electrons. The molecule has 1 aromatic heterocycles. The van der Waals surface area contributed by atoms with E-state index in [-0.39, 0.29) is 55.9 Å². The van der Waals surface area contributed by atoms with Crippen molar-refractivity contribution >= 4 is 35.2 Å². The van der Waals surface area contributed by atoms with Crippen LogP contribution >= 0.6 is 11.3 Å². The summed E-state index contributed by atoms with van der Waals surface area (Å²) < 4.78 is 21.1. The van der Waals surface area contributed by atoms with E-state index < -0.39 is 29.6 Å². The van der Waals surface area contributed by atoms with Gasteiger partial charge in [0.25, 0.3) is 0 Å². The maximum atomic E-state index is 14.1. The molecule has 2 heterocycles. The fourth-order valence-electron chi connectivity index (χ4n) is 4.99. The lowest BCUT2D eigenvalue weighted by atomic mass is 9.91. The quantitative estimate of drug-likeness (QED) is 0.280. The minimum absolute atomic E-state index is 0.0292. The molecule has 0 spiro atoms. The number of carbonyl (C=O) groups excluding carboxylic acids is 4. The van der Waals surface area contributed by atoms with Gasteiger partial charge in [0.1, 0.15) is 11.0 Å². The van der Waals surface area contributed by atoms with E-state index in [4.69, 9.17) is 7.48 Å². The number of nitrogens with one attached hydrogen (secondary N) is 3. The molecule has 1 aromatic rings. The van der Waals surface area contributed by atoms with E-state index in [0.29, 0.717) is 37.4 Å². The van der Waals surface area contributed by atoms with Crippen molar-refractivity contribution in [3.8, 4) is 0 Å². The van der Waals surface area contributed by atoms with E-state index in [9.17, 15) is 19.2 Å². The predicted octanol–water partition coefficient (Wildman–Crippen LogP) is 3.57. The standard InChI is InChI=1S/C29H50N6O5S/c1-10-19(6)23(33-27(38)29(7)14-13-15-34(29)8)25(36)35(9)22(18(4)5)16-20(32-28(39)30-11-2)24-31-21(17-41-24)26(37)40-12-3/h17-20,22-23H,10-16H2,1-9H3,(H,33,38)(H2,30,32,39)/t19-,20+,22+,23-,29-/m0/s1/i7D,8D. The Labute approximate surface area is 252 Å². The Morgan fingerprint density at radius 3 is 2.54 bits per heavy atom. The molecule has 5 atom stereocenters. The van der Waals surface area contributed by atoms with Gasteiger partial charge in [-0.15, -0.1) is 11.3 Å². The van der Waals surface area contributed by atoms with Crippen LogP contribution in [0, 0.1) is 11.8 Å². The zero-order valence-electron chi connectivity index (χ0n) is 27.6. The molecule has 0 saturated carbocycles. The molecular formula is C29H50N6O5S. The zero-order chi connectivity index (χ0) is 32.3. The van der Waals surface area contributed by atoms with Crippen LogP contribution in [0.15, 0.2) is 5.38 Å². The van der Waals surface area contributed by atoms with Crippen molar-refractivity contribution in [3.05, 3.63) is 16.1 Å². The molecule has 0 aliphatic carbocycles. The van der Waals surface area contributed by atoms with E-state index in [0.717, 1.165) is 6.42 Å². The Morgan fingerprint density at radius 1 is 1.22 bits per heavy atom. The van der Waals surface area contributed by atoms with Gasteiger partial charge in [0.15, 0.2) is 5.69 Å². The average molecular weight is 597 g/mol. The summed E-state index contributed by atoms with van der Waals surface area (Å²) in [6.07, 6.45) is 2.15. The van der Waals surface area contributed by atoms with E-state index in [1.807, 2.05) is 34.6 Å². The number of thiazole rings is 1. The van der Waals surface area contributed by atoms with Gasteiger partial charge in [-0.3, -0.25) is 14.5 Å². The lowest BCUT2D eigenvalue weighted by Crippen LogP contribution is -2.60. The van der Waals surface area contributed by atoms with Crippen molar-refractivity contribution in [1.82, 2.24) is 30.7 Å². The van der Waals surface area contributed by atoms with E-state index in [2.05, 4.69) is 20.9 Å². The van der Waals surface area contributed by atoms with Gasteiger partial charge in [-0.2, -0.15) is 0 Å². The first kappa shape index (κ1) is 31.2. The molecule has 1 fully saturated rings. The molecule has 12 heteroatoms. The van der Waals surface area contributed by atoms with Crippen molar-refractivity contribution < 1.29 is 26.7 Å². The molecule has 0 unspecified atom stereocenters. The van der Waals surface area contributed by atoms with Crippen LogP contribution in [0.5, 0.6) is 0 Å². The zero-order valence-corrected chi connectivity index (χ0v) is 26.4. The molecule has 0 aromatic carbocycles. The predicted molar refractivity (Wildman–Crippen MR) is 161 cm³/mol. The number of amides is 4. The highest BCUT2D eigenvalue weighted by molar-refractivity contribution is 7.09. The topological polar surface area (TPSA) is 133 Å². The molecule has 0 bridgehead atoms. The van der Waals surface area contributed by atoms with Crippen LogP contribution in [0.4, 0.5) is 4.79 Å². The fourth-order valence-corrected chi connectivity index (χ4v) is 5.84. The third-order valence-corrected chi connectivity index (χ3v) is 8.81. The SMILES string of the molecule is [2H]CN1CCC[C@@]1(C[2H])C(=O)N[C@H](C(=O)N(C)[C@H](C[C@@H](NC(=O)NCC)c1nc(C(=O)OCC)cs1)C(C)C)[C@@H](C)CC.